The van der Waals surface area contributed by atoms with Crippen molar-refractivity contribution in [1.82, 2.24) is 4.90 Å². The maximum absolute atomic E-state index is 5.67. The molecule has 0 aromatic rings. The molecule has 3 heteroatoms. The lowest BCUT2D eigenvalue weighted by Crippen LogP contribution is -2.50. The molecule has 1 nitrogen and oxygen atoms in total. The Balaban J connectivity index is 4.73. The molecule has 0 rings (SSSR count). The fraction of sp³-hybridized carbons (Fsp3) is 1.00. The van der Waals surface area contributed by atoms with Crippen LogP contribution in [0.5, 0.6) is 0 Å². The van der Waals surface area contributed by atoms with Crippen LogP contribution in [-0.4, -0.2) is 39.5 Å². The Morgan fingerprint density at radius 3 is 1.57 bits per heavy atom. The van der Waals surface area contributed by atoms with Gasteiger partial charge in [0.2, 0.25) is 0 Å². The van der Waals surface area contributed by atoms with Crippen LogP contribution in [0.2, 0.25) is 0 Å². The lowest BCUT2D eigenvalue weighted by Gasteiger charge is -2.48. The van der Waals surface area contributed by atoms with E-state index in [-0.39, 0.29) is 10.8 Å². The quantitative estimate of drug-likeness (QED) is 0.614. The minimum atomic E-state index is 0.186. The molecule has 78 valence electrons. The van der Waals surface area contributed by atoms with Gasteiger partial charge in [0.05, 0.1) is 15.7 Å². The highest BCUT2D eigenvalue weighted by atomic mass is 15.1. The summed E-state index contributed by atoms with van der Waals surface area (Å²) in [6.07, 6.45) is 1.05. The average Bonchev–Trinajstić information content (AvgIpc) is 2.04. The maximum Gasteiger partial charge on any atom is 0.0862 e. The number of nitrogens with zero attached hydrogens (tertiary/aromatic N) is 1. The third kappa shape index (κ3) is 2.79. The van der Waals surface area contributed by atoms with E-state index in [0.29, 0.717) is 18.9 Å². The van der Waals surface area contributed by atoms with Crippen molar-refractivity contribution in [3.05, 3.63) is 0 Å². The van der Waals surface area contributed by atoms with Crippen molar-refractivity contribution in [3.63, 3.8) is 0 Å². The van der Waals surface area contributed by atoms with Gasteiger partial charge < -0.3 is 4.90 Å². The van der Waals surface area contributed by atoms with Gasteiger partial charge in [-0.05, 0) is 30.6 Å². The second-order valence-corrected chi connectivity index (χ2v) is 5.60. The summed E-state index contributed by atoms with van der Waals surface area (Å²) in [5.41, 5.74) is 0.431. The van der Waals surface area contributed by atoms with Crippen molar-refractivity contribution < 1.29 is 0 Å². The van der Waals surface area contributed by atoms with E-state index in [0.717, 1.165) is 0 Å². The molecular formula is C11H23B2N. The van der Waals surface area contributed by atoms with E-state index in [9.17, 15) is 0 Å². The van der Waals surface area contributed by atoms with Gasteiger partial charge in [0.25, 0.3) is 0 Å². The SMILES string of the molecule is [B]CN(C[B])C(C)C(C)(C)C(C)(C)C. The van der Waals surface area contributed by atoms with Crippen LogP contribution in [0.3, 0.4) is 0 Å². The molecule has 4 radical (unpaired) electrons. The molecule has 0 heterocycles. The van der Waals surface area contributed by atoms with Crippen LogP contribution in [0, 0.1) is 10.8 Å². The zero-order valence-electron chi connectivity index (χ0n) is 10.6. The standard InChI is InChI=1S/C11H23B2N/c1-9(14(7-12)8-13)11(5,6)10(2,3)4/h9H,7-8H2,1-6H3. The second kappa shape index (κ2) is 4.74. The van der Waals surface area contributed by atoms with Crippen molar-refractivity contribution in [1.29, 1.82) is 0 Å². The predicted octanol–water partition coefficient (Wildman–Crippen LogP) is 2.00. The lowest BCUT2D eigenvalue weighted by molar-refractivity contribution is 0.0305. The molecule has 0 aliphatic carbocycles. The first kappa shape index (κ1) is 14.1. The van der Waals surface area contributed by atoms with Gasteiger partial charge in [-0.3, -0.25) is 0 Å². The highest BCUT2D eigenvalue weighted by molar-refractivity contribution is 6.11. The summed E-state index contributed by atoms with van der Waals surface area (Å²) in [7, 11) is 11.3. The summed E-state index contributed by atoms with van der Waals surface area (Å²) in [6.45, 7) is 13.5. The average molecular weight is 191 g/mol. The van der Waals surface area contributed by atoms with E-state index >= 15 is 0 Å². The molecule has 1 atom stereocenters. The first-order valence-electron chi connectivity index (χ1n) is 5.32. The third-order valence-corrected chi connectivity index (χ3v) is 3.99. The Morgan fingerprint density at radius 2 is 1.36 bits per heavy atom. The van der Waals surface area contributed by atoms with Crippen molar-refractivity contribution >= 4 is 15.7 Å². The van der Waals surface area contributed by atoms with Gasteiger partial charge >= 0.3 is 0 Å². The van der Waals surface area contributed by atoms with Gasteiger partial charge in [0.15, 0.2) is 0 Å². The Kier molecular flexibility index (Phi) is 4.77. The second-order valence-electron chi connectivity index (χ2n) is 5.60. The number of hydrogen-bond donors (Lipinski definition) is 0. The van der Waals surface area contributed by atoms with Crippen molar-refractivity contribution in [2.24, 2.45) is 10.8 Å². The van der Waals surface area contributed by atoms with Gasteiger partial charge in [-0.1, -0.05) is 34.6 Å². The van der Waals surface area contributed by atoms with Crippen LogP contribution in [0.15, 0.2) is 0 Å². The highest BCUT2D eigenvalue weighted by Crippen LogP contribution is 2.42. The smallest absolute Gasteiger partial charge is 0.0862 e. The van der Waals surface area contributed by atoms with Gasteiger partial charge in [-0.2, -0.15) is 0 Å². The zero-order chi connectivity index (χ0) is 11.6. The molecule has 0 amide bonds. The largest absolute Gasteiger partial charge is 0.318 e. The molecule has 0 bridgehead atoms. The summed E-state index contributed by atoms with van der Waals surface area (Å²) in [6, 6.07) is 0.387. The van der Waals surface area contributed by atoms with E-state index in [1.807, 2.05) is 0 Å². The van der Waals surface area contributed by atoms with Crippen molar-refractivity contribution in [2.75, 3.05) is 12.9 Å². The first-order valence-corrected chi connectivity index (χ1v) is 5.32. The van der Waals surface area contributed by atoms with Crippen LogP contribution in [0.25, 0.3) is 0 Å². The molecule has 0 aromatic carbocycles. The van der Waals surface area contributed by atoms with Crippen molar-refractivity contribution in [3.8, 4) is 0 Å². The van der Waals surface area contributed by atoms with E-state index in [2.05, 4.69) is 46.4 Å². The Hall–Kier alpha value is 0.0899. The van der Waals surface area contributed by atoms with E-state index in [4.69, 9.17) is 15.7 Å². The maximum atomic E-state index is 5.67. The van der Waals surface area contributed by atoms with Crippen LogP contribution in [-0.2, 0) is 0 Å². The minimum absolute atomic E-state index is 0.186. The fourth-order valence-electron chi connectivity index (χ4n) is 1.47. The van der Waals surface area contributed by atoms with Gasteiger partial charge in [0.1, 0.15) is 0 Å². The first-order chi connectivity index (χ1) is 6.18. The van der Waals surface area contributed by atoms with E-state index in [1.54, 1.807) is 0 Å². The van der Waals surface area contributed by atoms with Crippen molar-refractivity contribution in [2.45, 2.75) is 47.6 Å². The summed E-state index contributed by atoms with van der Waals surface area (Å²) < 4.78 is 0. The molecule has 0 spiro atoms. The Labute approximate surface area is 92.5 Å². The molecule has 0 N–H and O–H groups in total. The van der Waals surface area contributed by atoms with Gasteiger partial charge in [-0.15, -0.1) is 0 Å². The van der Waals surface area contributed by atoms with Gasteiger partial charge in [0, 0.05) is 6.04 Å². The van der Waals surface area contributed by atoms with E-state index < -0.39 is 0 Å². The monoisotopic (exact) mass is 191 g/mol. The molecule has 0 aliphatic heterocycles. The normalized spacial score (nSPS) is 15.9. The van der Waals surface area contributed by atoms with Crippen LogP contribution < -0.4 is 0 Å². The highest BCUT2D eigenvalue weighted by Gasteiger charge is 2.39. The third-order valence-electron chi connectivity index (χ3n) is 3.99. The molecule has 0 aliphatic rings. The van der Waals surface area contributed by atoms with Crippen LogP contribution in [0.4, 0.5) is 0 Å². The summed E-state index contributed by atoms with van der Waals surface area (Å²) in [4.78, 5) is 2.10. The Morgan fingerprint density at radius 1 is 1.00 bits per heavy atom. The van der Waals surface area contributed by atoms with E-state index in [1.165, 1.54) is 0 Å². The molecular weight excluding hydrogens is 168 g/mol. The minimum Gasteiger partial charge on any atom is -0.318 e. The number of hydrogen-bond acceptors (Lipinski definition) is 1. The number of rotatable bonds is 4. The van der Waals surface area contributed by atoms with Crippen LogP contribution >= 0.6 is 0 Å². The molecule has 0 aromatic heterocycles. The summed E-state index contributed by atoms with van der Waals surface area (Å²) in [5.74, 6) is 0. The molecule has 14 heavy (non-hydrogen) atoms. The van der Waals surface area contributed by atoms with Gasteiger partial charge in [-0.25, -0.2) is 0 Å². The fourth-order valence-corrected chi connectivity index (χ4v) is 1.47. The molecule has 0 saturated heterocycles. The van der Waals surface area contributed by atoms with Crippen LogP contribution in [0.1, 0.15) is 41.5 Å². The molecule has 0 saturated carbocycles. The summed E-state index contributed by atoms with van der Waals surface area (Å²) in [5, 5.41) is 0. The zero-order valence-corrected chi connectivity index (χ0v) is 10.6. The topological polar surface area (TPSA) is 3.24 Å². The molecule has 0 fully saturated rings. The Bertz CT molecular complexity index is 169. The lowest BCUT2D eigenvalue weighted by atomic mass is 9.64. The predicted molar refractivity (Wildman–Crippen MR) is 65.8 cm³/mol. The molecule has 1 unspecified atom stereocenters. The summed E-state index contributed by atoms with van der Waals surface area (Å²) >= 11 is 0.